The number of carbonyl (C=O) groups is 2. The summed E-state index contributed by atoms with van der Waals surface area (Å²) in [7, 11) is 1.33. The number of thiophene rings is 1. The number of amides is 1. The van der Waals surface area contributed by atoms with Crippen LogP contribution in [0.3, 0.4) is 0 Å². The Morgan fingerprint density at radius 2 is 1.82 bits per heavy atom. The third-order valence-electron chi connectivity index (χ3n) is 4.40. The zero-order valence-corrected chi connectivity index (χ0v) is 16.1. The summed E-state index contributed by atoms with van der Waals surface area (Å²) in [6.45, 7) is 2.05. The Bertz CT molecular complexity index is 1060. The van der Waals surface area contributed by atoms with Crippen molar-refractivity contribution in [1.29, 1.82) is 0 Å². The van der Waals surface area contributed by atoms with Crippen LogP contribution < -0.4 is 14.8 Å². The molecule has 0 spiro atoms. The molecule has 7 heteroatoms. The predicted octanol–water partition coefficient (Wildman–Crippen LogP) is 4.49. The van der Waals surface area contributed by atoms with E-state index in [2.05, 4.69) is 5.32 Å². The fraction of sp³-hybridized carbons (Fsp3) is 0.143. The summed E-state index contributed by atoms with van der Waals surface area (Å²) in [6.07, 6.45) is 0. The van der Waals surface area contributed by atoms with Gasteiger partial charge in [0, 0.05) is 16.0 Å². The van der Waals surface area contributed by atoms with Gasteiger partial charge in [-0.2, -0.15) is 0 Å². The molecule has 0 aliphatic carbocycles. The van der Waals surface area contributed by atoms with Crippen molar-refractivity contribution >= 4 is 28.2 Å². The van der Waals surface area contributed by atoms with E-state index in [1.807, 2.05) is 37.3 Å². The van der Waals surface area contributed by atoms with Gasteiger partial charge >= 0.3 is 5.97 Å². The molecule has 0 fully saturated rings. The van der Waals surface area contributed by atoms with Crippen molar-refractivity contribution in [1.82, 2.24) is 0 Å². The summed E-state index contributed by atoms with van der Waals surface area (Å²) in [5, 5.41) is 3.30. The van der Waals surface area contributed by atoms with Crippen molar-refractivity contribution in [3.63, 3.8) is 0 Å². The molecule has 6 nitrogen and oxygen atoms in total. The molecule has 2 heterocycles. The van der Waals surface area contributed by atoms with Crippen LogP contribution in [0.15, 0.2) is 48.5 Å². The molecular weight excluding hydrogens is 378 g/mol. The van der Waals surface area contributed by atoms with Crippen LogP contribution in [-0.2, 0) is 4.74 Å². The highest BCUT2D eigenvalue weighted by Crippen LogP contribution is 2.40. The van der Waals surface area contributed by atoms with Crippen molar-refractivity contribution in [3.8, 4) is 22.6 Å². The van der Waals surface area contributed by atoms with Gasteiger partial charge in [0.15, 0.2) is 11.5 Å². The standard InChI is InChI=1S/C21H17NO5S/c1-12-17(13-6-4-3-5-7-13)18(21(24)25-2)20(28-12)22-19(23)14-8-9-15-16(10-14)27-11-26-15/h3-10H,11H2,1-2H3,(H,22,23). The number of hydrogen-bond donors (Lipinski definition) is 1. The molecule has 0 bridgehead atoms. The molecule has 1 aliphatic rings. The highest BCUT2D eigenvalue weighted by Gasteiger charge is 2.26. The molecule has 2 aromatic carbocycles. The average molecular weight is 395 g/mol. The maximum absolute atomic E-state index is 12.8. The van der Waals surface area contributed by atoms with Crippen molar-refractivity contribution in [2.45, 2.75) is 6.92 Å². The predicted molar refractivity (Wildman–Crippen MR) is 106 cm³/mol. The number of hydrogen-bond acceptors (Lipinski definition) is 6. The van der Waals surface area contributed by atoms with E-state index in [1.165, 1.54) is 18.4 Å². The highest BCUT2D eigenvalue weighted by molar-refractivity contribution is 7.17. The number of ether oxygens (including phenoxy) is 3. The molecule has 1 aromatic heterocycles. The van der Waals surface area contributed by atoms with Gasteiger partial charge in [0.25, 0.3) is 5.91 Å². The lowest BCUT2D eigenvalue weighted by Crippen LogP contribution is -2.14. The smallest absolute Gasteiger partial charge is 0.341 e. The third kappa shape index (κ3) is 3.20. The minimum atomic E-state index is -0.496. The lowest BCUT2D eigenvalue weighted by molar-refractivity contribution is 0.0603. The molecular formula is C21H17NO5S. The van der Waals surface area contributed by atoms with Crippen LogP contribution >= 0.6 is 11.3 Å². The normalized spacial score (nSPS) is 11.9. The molecule has 1 aliphatic heterocycles. The van der Waals surface area contributed by atoms with Crippen LogP contribution in [0.1, 0.15) is 25.6 Å². The number of nitrogens with one attached hydrogen (secondary N) is 1. The Hall–Kier alpha value is -3.32. The van der Waals surface area contributed by atoms with Crippen LogP contribution in [0.2, 0.25) is 0 Å². The van der Waals surface area contributed by atoms with Gasteiger partial charge in [-0.1, -0.05) is 30.3 Å². The highest BCUT2D eigenvalue weighted by atomic mass is 32.1. The molecule has 3 aromatic rings. The molecule has 1 amide bonds. The monoisotopic (exact) mass is 395 g/mol. The van der Waals surface area contributed by atoms with Crippen LogP contribution in [0.25, 0.3) is 11.1 Å². The first kappa shape index (κ1) is 18.1. The maximum Gasteiger partial charge on any atom is 0.341 e. The molecule has 4 rings (SSSR count). The van der Waals surface area contributed by atoms with Crippen LogP contribution in [0.5, 0.6) is 11.5 Å². The fourth-order valence-electron chi connectivity index (χ4n) is 3.10. The van der Waals surface area contributed by atoms with Crippen LogP contribution in [-0.4, -0.2) is 25.8 Å². The first-order chi connectivity index (χ1) is 13.6. The van der Waals surface area contributed by atoms with Gasteiger partial charge in [0.05, 0.1) is 7.11 Å². The topological polar surface area (TPSA) is 73.9 Å². The third-order valence-corrected chi connectivity index (χ3v) is 5.42. The van der Waals surface area contributed by atoms with Crippen molar-refractivity contribution in [2.75, 3.05) is 19.2 Å². The first-order valence-electron chi connectivity index (χ1n) is 8.56. The number of fused-ring (bicyclic) bond motifs is 1. The molecule has 0 radical (unpaired) electrons. The molecule has 1 N–H and O–H groups in total. The van der Waals surface area contributed by atoms with Crippen molar-refractivity contribution < 1.29 is 23.8 Å². The van der Waals surface area contributed by atoms with E-state index in [4.69, 9.17) is 14.2 Å². The summed E-state index contributed by atoms with van der Waals surface area (Å²) in [4.78, 5) is 26.2. The number of aryl methyl sites for hydroxylation is 1. The second kappa shape index (κ2) is 7.36. The quantitative estimate of drug-likeness (QED) is 0.659. The maximum atomic E-state index is 12.8. The van der Waals surface area contributed by atoms with E-state index in [-0.39, 0.29) is 12.7 Å². The Morgan fingerprint density at radius 3 is 2.57 bits per heavy atom. The summed E-state index contributed by atoms with van der Waals surface area (Å²) < 4.78 is 15.6. The summed E-state index contributed by atoms with van der Waals surface area (Å²) in [6, 6.07) is 14.5. The molecule has 142 valence electrons. The van der Waals surface area contributed by atoms with Gasteiger partial charge in [-0.3, -0.25) is 4.79 Å². The average Bonchev–Trinajstić information content (AvgIpc) is 3.31. The SMILES string of the molecule is COC(=O)c1c(NC(=O)c2ccc3c(c2)OCO3)sc(C)c1-c1ccccc1. The van der Waals surface area contributed by atoms with E-state index in [1.54, 1.807) is 18.2 Å². The Labute approximate surface area is 165 Å². The van der Waals surface area contributed by atoms with E-state index in [9.17, 15) is 9.59 Å². The van der Waals surface area contributed by atoms with Gasteiger partial charge in [-0.05, 0) is 30.7 Å². The largest absolute Gasteiger partial charge is 0.465 e. The number of esters is 1. The minimum absolute atomic E-state index is 0.136. The second-order valence-corrected chi connectivity index (χ2v) is 7.34. The lowest BCUT2D eigenvalue weighted by Gasteiger charge is -2.08. The number of rotatable bonds is 4. The number of methoxy groups -OCH3 is 1. The Morgan fingerprint density at radius 1 is 1.07 bits per heavy atom. The van der Waals surface area contributed by atoms with Gasteiger partial charge in [-0.15, -0.1) is 11.3 Å². The van der Waals surface area contributed by atoms with E-state index in [0.29, 0.717) is 27.6 Å². The van der Waals surface area contributed by atoms with Crippen LogP contribution in [0, 0.1) is 6.92 Å². The second-order valence-electron chi connectivity index (χ2n) is 6.12. The van der Waals surface area contributed by atoms with E-state index in [0.717, 1.165) is 16.0 Å². The van der Waals surface area contributed by atoms with E-state index < -0.39 is 5.97 Å². The molecule has 0 saturated heterocycles. The Kier molecular flexibility index (Phi) is 4.75. The zero-order chi connectivity index (χ0) is 19.7. The van der Waals surface area contributed by atoms with Gasteiger partial charge in [0.2, 0.25) is 6.79 Å². The van der Waals surface area contributed by atoms with Gasteiger partial charge in [-0.25, -0.2) is 4.79 Å². The number of carbonyl (C=O) groups excluding carboxylic acids is 2. The number of anilines is 1. The molecule has 28 heavy (non-hydrogen) atoms. The zero-order valence-electron chi connectivity index (χ0n) is 15.3. The molecule has 0 atom stereocenters. The number of benzene rings is 2. The summed E-state index contributed by atoms with van der Waals surface area (Å²) in [5.74, 6) is 0.284. The molecule has 0 unspecified atom stereocenters. The summed E-state index contributed by atoms with van der Waals surface area (Å²) in [5.41, 5.74) is 2.41. The molecule has 0 saturated carbocycles. The van der Waals surface area contributed by atoms with Crippen molar-refractivity contribution in [2.24, 2.45) is 0 Å². The minimum Gasteiger partial charge on any atom is -0.465 e. The summed E-state index contributed by atoms with van der Waals surface area (Å²) >= 11 is 1.34. The van der Waals surface area contributed by atoms with Crippen LogP contribution in [0.4, 0.5) is 5.00 Å². The fourth-order valence-corrected chi connectivity index (χ4v) is 4.15. The van der Waals surface area contributed by atoms with Crippen molar-refractivity contribution in [3.05, 3.63) is 64.5 Å². The Balaban J connectivity index is 1.71. The lowest BCUT2D eigenvalue weighted by atomic mass is 10.0. The first-order valence-corrected chi connectivity index (χ1v) is 9.38. The van der Waals surface area contributed by atoms with Gasteiger partial charge in [0.1, 0.15) is 10.6 Å². The van der Waals surface area contributed by atoms with Gasteiger partial charge < -0.3 is 19.5 Å². The van der Waals surface area contributed by atoms with E-state index >= 15 is 0 Å².